The molecule has 0 aromatic carbocycles. The van der Waals surface area contributed by atoms with Gasteiger partial charge >= 0.3 is 0 Å². The van der Waals surface area contributed by atoms with Gasteiger partial charge in [-0.25, -0.2) is 9.97 Å². The van der Waals surface area contributed by atoms with E-state index >= 15 is 0 Å². The van der Waals surface area contributed by atoms with Gasteiger partial charge in [-0.3, -0.25) is 4.98 Å². The Labute approximate surface area is 152 Å². The van der Waals surface area contributed by atoms with E-state index in [1.54, 1.807) is 12.3 Å². The molecular weight excluding hydrogens is 324 g/mol. The van der Waals surface area contributed by atoms with Crippen LogP contribution in [0.1, 0.15) is 35.8 Å². The van der Waals surface area contributed by atoms with E-state index in [1.165, 1.54) is 5.56 Å². The Morgan fingerprint density at radius 2 is 2.15 bits per heavy atom. The van der Waals surface area contributed by atoms with Crippen LogP contribution in [-0.2, 0) is 6.54 Å². The molecule has 4 heterocycles. The molecule has 1 aliphatic rings. The topological polar surface area (TPSA) is 70.6 Å². The molecule has 6 heteroatoms. The fraction of sp³-hybridized carbons (Fsp3) is 0.300. The molecule has 0 N–H and O–H groups in total. The van der Waals surface area contributed by atoms with Crippen molar-refractivity contribution in [3.8, 4) is 6.07 Å². The van der Waals surface area contributed by atoms with Gasteiger partial charge in [-0.15, -0.1) is 0 Å². The van der Waals surface area contributed by atoms with Gasteiger partial charge < -0.3 is 9.47 Å². The largest absolute Gasteiger partial charge is 0.356 e. The van der Waals surface area contributed by atoms with Gasteiger partial charge in [0.25, 0.3) is 0 Å². The van der Waals surface area contributed by atoms with Gasteiger partial charge in [0, 0.05) is 43.8 Å². The number of rotatable bonds is 4. The van der Waals surface area contributed by atoms with E-state index in [9.17, 15) is 0 Å². The minimum absolute atomic E-state index is 0.350. The minimum atomic E-state index is 0.350. The van der Waals surface area contributed by atoms with Crippen molar-refractivity contribution in [2.45, 2.75) is 25.3 Å². The highest BCUT2D eigenvalue weighted by Crippen LogP contribution is 2.28. The van der Waals surface area contributed by atoms with Crippen molar-refractivity contribution >= 4 is 5.82 Å². The monoisotopic (exact) mass is 344 g/mol. The Morgan fingerprint density at radius 3 is 3.00 bits per heavy atom. The van der Waals surface area contributed by atoms with Crippen LogP contribution < -0.4 is 4.90 Å². The van der Waals surface area contributed by atoms with E-state index in [-0.39, 0.29) is 0 Å². The third kappa shape index (κ3) is 3.42. The molecule has 0 bridgehead atoms. The van der Waals surface area contributed by atoms with Crippen molar-refractivity contribution in [1.82, 2.24) is 19.5 Å². The third-order valence-electron chi connectivity index (χ3n) is 4.78. The first kappa shape index (κ1) is 16.3. The van der Waals surface area contributed by atoms with E-state index in [2.05, 4.69) is 36.6 Å². The Balaban J connectivity index is 1.53. The van der Waals surface area contributed by atoms with Gasteiger partial charge in [0.1, 0.15) is 23.4 Å². The van der Waals surface area contributed by atoms with Crippen LogP contribution in [0.4, 0.5) is 5.82 Å². The first-order valence-corrected chi connectivity index (χ1v) is 8.85. The van der Waals surface area contributed by atoms with Crippen LogP contribution in [0.25, 0.3) is 0 Å². The number of hydrogen-bond acceptors (Lipinski definition) is 5. The lowest BCUT2D eigenvalue weighted by Gasteiger charge is -2.33. The van der Waals surface area contributed by atoms with Gasteiger partial charge in [-0.05, 0) is 36.6 Å². The number of imidazole rings is 1. The van der Waals surface area contributed by atoms with E-state index in [1.807, 2.05) is 36.8 Å². The summed E-state index contributed by atoms with van der Waals surface area (Å²) >= 11 is 0. The molecule has 0 amide bonds. The van der Waals surface area contributed by atoms with E-state index in [4.69, 9.17) is 5.26 Å². The fourth-order valence-electron chi connectivity index (χ4n) is 3.56. The second-order valence-electron chi connectivity index (χ2n) is 6.55. The maximum atomic E-state index is 9.09. The molecule has 1 atom stereocenters. The number of aromatic nitrogens is 4. The molecule has 1 fully saturated rings. The number of pyridine rings is 2. The van der Waals surface area contributed by atoms with Crippen molar-refractivity contribution < 1.29 is 0 Å². The molecular formula is C20H20N6. The Kier molecular flexibility index (Phi) is 4.61. The molecule has 4 rings (SSSR count). The van der Waals surface area contributed by atoms with Crippen LogP contribution in [0.5, 0.6) is 0 Å². The molecule has 1 aliphatic heterocycles. The minimum Gasteiger partial charge on any atom is -0.356 e. The van der Waals surface area contributed by atoms with Crippen LogP contribution in [0.3, 0.4) is 0 Å². The Hall–Kier alpha value is -3.20. The Bertz CT molecular complexity index is 911. The zero-order chi connectivity index (χ0) is 17.8. The van der Waals surface area contributed by atoms with Crippen molar-refractivity contribution in [2.75, 3.05) is 18.0 Å². The zero-order valence-electron chi connectivity index (χ0n) is 14.5. The highest BCUT2D eigenvalue weighted by Gasteiger charge is 2.25. The van der Waals surface area contributed by atoms with Crippen molar-refractivity contribution in [1.29, 1.82) is 5.26 Å². The summed E-state index contributed by atoms with van der Waals surface area (Å²) < 4.78 is 2.21. The molecule has 1 saturated heterocycles. The Morgan fingerprint density at radius 1 is 1.19 bits per heavy atom. The lowest BCUT2D eigenvalue weighted by molar-refractivity contribution is 0.474. The van der Waals surface area contributed by atoms with Crippen molar-refractivity contribution in [3.05, 3.63) is 72.2 Å². The van der Waals surface area contributed by atoms with Crippen LogP contribution in [0, 0.1) is 11.3 Å². The molecule has 0 unspecified atom stereocenters. The zero-order valence-corrected chi connectivity index (χ0v) is 14.5. The first-order chi connectivity index (χ1) is 12.8. The summed E-state index contributed by atoms with van der Waals surface area (Å²) in [4.78, 5) is 15.6. The van der Waals surface area contributed by atoms with E-state index in [0.717, 1.165) is 44.1 Å². The average Bonchev–Trinajstić information content (AvgIpc) is 3.17. The molecule has 130 valence electrons. The highest BCUT2D eigenvalue weighted by atomic mass is 15.2. The van der Waals surface area contributed by atoms with Crippen molar-refractivity contribution in [3.63, 3.8) is 0 Å². The SMILES string of the molecule is N#Cc1cccc(N2CCC[C@H](c3nccn3Cc3cccnc3)C2)n1. The molecule has 3 aromatic rings. The summed E-state index contributed by atoms with van der Waals surface area (Å²) in [5.74, 6) is 2.33. The third-order valence-corrected chi connectivity index (χ3v) is 4.78. The summed E-state index contributed by atoms with van der Waals surface area (Å²) in [6.07, 6.45) is 9.80. The van der Waals surface area contributed by atoms with E-state index in [0.29, 0.717) is 11.6 Å². The number of nitrogens with zero attached hydrogens (tertiary/aromatic N) is 6. The summed E-state index contributed by atoms with van der Waals surface area (Å²) in [6, 6.07) is 11.8. The van der Waals surface area contributed by atoms with Crippen LogP contribution >= 0.6 is 0 Å². The summed E-state index contributed by atoms with van der Waals surface area (Å²) in [5, 5.41) is 9.09. The highest BCUT2D eigenvalue weighted by molar-refractivity contribution is 5.42. The van der Waals surface area contributed by atoms with Gasteiger partial charge in [-0.2, -0.15) is 5.26 Å². The second-order valence-corrected chi connectivity index (χ2v) is 6.55. The van der Waals surface area contributed by atoms with Gasteiger partial charge in [0.15, 0.2) is 0 Å². The molecule has 26 heavy (non-hydrogen) atoms. The van der Waals surface area contributed by atoms with E-state index < -0.39 is 0 Å². The lowest BCUT2D eigenvalue weighted by atomic mass is 9.97. The summed E-state index contributed by atoms with van der Waals surface area (Å²) in [7, 11) is 0. The molecule has 6 nitrogen and oxygen atoms in total. The summed E-state index contributed by atoms with van der Waals surface area (Å²) in [5.41, 5.74) is 1.63. The maximum absolute atomic E-state index is 9.09. The van der Waals surface area contributed by atoms with Crippen LogP contribution in [-0.4, -0.2) is 32.6 Å². The average molecular weight is 344 g/mol. The summed E-state index contributed by atoms with van der Waals surface area (Å²) in [6.45, 7) is 2.61. The molecule has 0 radical (unpaired) electrons. The van der Waals surface area contributed by atoms with Crippen LogP contribution in [0.2, 0.25) is 0 Å². The number of hydrogen-bond donors (Lipinski definition) is 0. The fourth-order valence-corrected chi connectivity index (χ4v) is 3.56. The molecule has 0 spiro atoms. The molecule has 0 saturated carbocycles. The quantitative estimate of drug-likeness (QED) is 0.728. The first-order valence-electron chi connectivity index (χ1n) is 8.85. The number of nitriles is 1. The predicted molar refractivity (Wildman–Crippen MR) is 98.7 cm³/mol. The van der Waals surface area contributed by atoms with Gasteiger partial charge in [-0.1, -0.05) is 12.1 Å². The molecule has 0 aliphatic carbocycles. The predicted octanol–water partition coefficient (Wildman–Crippen LogP) is 2.98. The second kappa shape index (κ2) is 7.36. The van der Waals surface area contributed by atoms with Crippen LogP contribution in [0.15, 0.2) is 55.1 Å². The number of anilines is 1. The van der Waals surface area contributed by atoms with Gasteiger partial charge in [0.05, 0.1) is 6.54 Å². The molecule has 3 aromatic heterocycles. The smallest absolute Gasteiger partial charge is 0.142 e. The van der Waals surface area contributed by atoms with Crippen molar-refractivity contribution in [2.24, 2.45) is 0 Å². The standard InChI is InChI=1S/C20H20N6/c21-12-18-6-1-7-19(24-18)25-10-3-5-17(15-25)20-23-9-11-26(20)14-16-4-2-8-22-13-16/h1-2,4,6-9,11,13,17H,3,5,10,14-15H2/t17-/m0/s1. The lowest BCUT2D eigenvalue weighted by Crippen LogP contribution is -2.36. The number of piperidine rings is 1. The normalized spacial score (nSPS) is 17.0. The van der Waals surface area contributed by atoms with Gasteiger partial charge in [0.2, 0.25) is 0 Å². The maximum Gasteiger partial charge on any atom is 0.142 e.